The van der Waals surface area contributed by atoms with Gasteiger partial charge in [0, 0.05) is 5.56 Å². The van der Waals surface area contributed by atoms with E-state index in [1.54, 1.807) is 0 Å². The number of hydrogen-bond donors (Lipinski definition) is 0. The highest BCUT2D eigenvalue weighted by Gasteiger charge is 2.37. The minimum Gasteiger partial charge on any atom is -0.412 e. The topological polar surface area (TPSA) is 9.23 Å². The lowest BCUT2D eigenvalue weighted by atomic mass is 10.2. The summed E-state index contributed by atoms with van der Waals surface area (Å²) in [6.07, 6.45) is 0. The molecule has 0 saturated heterocycles. The normalized spacial score (nSPS) is 12.9. The van der Waals surface area contributed by atoms with E-state index in [-0.39, 0.29) is 26.7 Å². The van der Waals surface area contributed by atoms with Crippen LogP contribution in [0.2, 0.25) is 23.2 Å². The highest BCUT2D eigenvalue weighted by molar-refractivity contribution is 9.10. The van der Waals surface area contributed by atoms with Gasteiger partial charge in [0.25, 0.3) is 0 Å². The van der Waals surface area contributed by atoms with Gasteiger partial charge >= 0.3 is 0 Å². The maximum Gasteiger partial charge on any atom is 0.192 e. The van der Waals surface area contributed by atoms with Crippen molar-refractivity contribution in [1.29, 1.82) is 0 Å². The summed E-state index contributed by atoms with van der Waals surface area (Å²) >= 11 is 8.63. The minimum absolute atomic E-state index is 0.0151. The molecule has 0 saturated carbocycles. The number of rotatable bonds is 3. The summed E-state index contributed by atoms with van der Waals surface area (Å²) < 4.78 is 33.3. The smallest absolute Gasteiger partial charge is 0.192 e. The van der Waals surface area contributed by atoms with E-state index in [1.807, 2.05) is 0 Å². The van der Waals surface area contributed by atoms with Crippen LogP contribution in [0.25, 0.3) is 0 Å². The van der Waals surface area contributed by atoms with Crippen molar-refractivity contribution in [2.75, 3.05) is 0 Å². The maximum absolute atomic E-state index is 13.9. The monoisotopic (exact) mass is 370 g/mol. The van der Waals surface area contributed by atoms with Crippen LogP contribution >= 0.6 is 27.5 Å². The van der Waals surface area contributed by atoms with E-state index in [1.165, 1.54) is 0 Å². The van der Waals surface area contributed by atoms with Crippen molar-refractivity contribution in [2.24, 2.45) is 0 Å². The van der Waals surface area contributed by atoms with E-state index in [2.05, 4.69) is 49.8 Å². The molecule has 0 unspecified atom stereocenters. The average molecular weight is 372 g/mol. The van der Waals surface area contributed by atoms with Crippen LogP contribution in [0.4, 0.5) is 8.78 Å². The van der Waals surface area contributed by atoms with Crippen molar-refractivity contribution >= 4 is 35.8 Å². The second kappa shape index (κ2) is 5.80. The molecule has 6 heteroatoms. The molecule has 19 heavy (non-hydrogen) atoms. The summed E-state index contributed by atoms with van der Waals surface area (Å²) in [5.74, 6) is -1.21. The molecule has 0 N–H and O–H groups in total. The summed E-state index contributed by atoms with van der Waals surface area (Å²) in [6, 6.07) is 1.12. The van der Waals surface area contributed by atoms with E-state index in [0.717, 1.165) is 6.07 Å². The molecule has 0 fully saturated rings. The predicted octanol–water partition coefficient (Wildman–Crippen LogP) is 5.90. The Morgan fingerprint density at radius 2 is 1.84 bits per heavy atom. The molecule has 0 aromatic heterocycles. The first kappa shape index (κ1) is 17.1. The van der Waals surface area contributed by atoms with Gasteiger partial charge in [0.15, 0.2) is 8.32 Å². The molecule has 1 rings (SSSR count). The van der Waals surface area contributed by atoms with Gasteiger partial charge in [0.1, 0.15) is 11.6 Å². The summed E-state index contributed by atoms with van der Waals surface area (Å²) in [7, 11) is -2.00. The SMILES string of the molecule is CC(C)(C)[Si](C)(C)OCc1cc(F)c(Br)c(Cl)c1F. The van der Waals surface area contributed by atoms with Crippen molar-refractivity contribution in [1.82, 2.24) is 0 Å². The van der Waals surface area contributed by atoms with Crippen molar-refractivity contribution in [3.63, 3.8) is 0 Å². The Morgan fingerprint density at radius 3 is 2.32 bits per heavy atom. The Labute approximate surface area is 127 Å². The molecule has 0 aliphatic heterocycles. The minimum atomic E-state index is -2.00. The average Bonchev–Trinajstić information content (AvgIpc) is 2.28. The van der Waals surface area contributed by atoms with Gasteiger partial charge in [0.05, 0.1) is 16.1 Å². The van der Waals surface area contributed by atoms with Crippen molar-refractivity contribution in [2.45, 2.75) is 45.5 Å². The van der Waals surface area contributed by atoms with Gasteiger partial charge in [-0.2, -0.15) is 0 Å². The molecule has 108 valence electrons. The zero-order valence-corrected chi connectivity index (χ0v) is 15.0. The lowest BCUT2D eigenvalue weighted by Gasteiger charge is -2.36. The van der Waals surface area contributed by atoms with Crippen LogP contribution in [0.1, 0.15) is 26.3 Å². The summed E-state index contributed by atoms with van der Waals surface area (Å²) in [6.45, 7) is 10.4. The molecule has 0 radical (unpaired) electrons. The van der Waals surface area contributed by atoms with Gasteiger partial charge in [0.2, 0.25) is 0 Å². The molecule has 1 aromatic rings. The first-order chi connectivity index (χ1) is 8.47. The van der Waals surface area contributed by atoms with Gasteiger partial charge in [-0.25, -0.2) is 8.78 Å². The van der Waals surface area contributed by atoms with Crippen LogP contribution in [0.3, 0.4) is 0 Å². The van der Waals surface area contributed by atoms with Crippen molar-refractivity contribution < 1.29 is 13.2 Å². The molecule has 0 spiro atoms. The lowest BCUT2D eigenvalue weighted by molar-refractivity contribution is 0.270. The predicted molar refractivity (Wildman–Crippen MR) is 81.1 cm³/mol. The van der Waals surface area contributed by atoms with Crippen molar-refractivity contribution in [3.8, 4) is 0 Å². The number of benzene rings is 1. The van der Waals surface area contributed by atoms with E-state index >= 15 is 0 Å². The third-order valence-corrected chi connectivity index (χ3v) is 9.41. The highest BCUT2D eigenvalue weighted by atomic mass is 79.9. The number of halogens is 4. The molecular weight excluding hydrogens is 354 g/mol. The first-order valence-corrected chi connectivity index (χ1v) is 10.0. The van der Waals surface area contributed by atoms with Crippen LogP contribution in [0.5, 0.6) is 0 Å². The van der Waals surface area contributed by atoms with Crippen LogP contribution in [0.15, 0.2) is 10.5 Å². The molecule has 0 aliphatic rings. The second-order valence-corrected chi connectivity index (χ2v) is 12.0. The molecule has 0 aliphatic carbocycles. The van der Waals surface area contributed by atoms with Crippen LogP contribution < -0.4 is 0 Å². The fraction of sp³-hybridized carbons (Fsp3) is 0.538. The lowest BCUT2D eigenvalue weighted by Crippen LogP contribution is -2.40. The summed E-state index contributed by atoms with van der Waals surface area (Å²) in [5.41, 5.74) is 0.149. The highest BCUT2D eigenvalue weighted by Crippen LogP contribution is 2.38. The Kier molecular flexibility index (Phi) is 5.21. The third kappa shape index (κ3) is 3.77. The number of hydrogen-bond acceptors (Lipinski definition) is 1. The quantitative estimate of drug-likeness (QED) is 0.365. The fourth-order valence-electron chi connectivity index (χ4n) is 1.20. The van der Waals surface area contributed by atoms with E-state index in [9.17, 15) is 8.78 Å². The van der Waals surface area contributed by atoms with Gasteiger partial charge in [-0.3, -0.25) is 0 Å². The standard InChI is InChI=1S/C13H18BrClF2OSi/c1-13(2,3)19(4,5)18-7-8-6-9(16)10(14)11(15)12(8)17/h6H,7H2,1-5H3. The Hall–Kier alpha value is 0.0269. The van der Waals surface area contributed by atoms with Gasteiger partial charge in [-0.05, 0) is 40.1 Å². The van der Waals surface area contributed by atoms with E-state index in [0.29, 0.717) is 0 Å². The van der Waals surface area contributed by atoms with Crippen LogP contribution in [0, 0.1) is 11.6 Å². The summed E-state index contributed by atoms with van der Waals surface area (Å²) in [5, 5.41) is -0.227. The second-order valence-electron chi connectivity index (χ2n) is 6.01. The first-order valence-electron chi connectivity index (χ1n) is 5.93. The Balaban J connectivity index is 2.97. The van der Waals surface area contributed by atoms with Crippen molar-refractivity contribution in [3.05, 3.63) is 32.8 Å². The Morgan fingerprint density at radius 1 is 1.32 bits per heavy atom. The third-order valence-electron chi connectivity index (χ3n) is 3.57. The largest absolute Gasteiger partial charge is 0.412 e. The fourth-order valence-corrected chi connectivity index (χ4v) is 2.65. The molecule has 0 heterocycles. The van der Waals surface area contributed by atoms with Gasteiger partial charge in [-0.1, -0.05) is 32.4 Å². The van der Waals surface area contributed by atoms with Crippen LogP contribution in [-0.4, -0.2) is 8.32 Å². The molecule has 0 amide bonds. The molecular formula is C13H18BrClF2OSi. The zero-order valence-electron chi connectivity index (χ0n) is 11.7. The van der Waals surface area contributed by atoms with Gasteiger partial charge < -0.3 is 4.43 Å². The molecule has 0 atom stereocenters. The molecule has 1 aromatic carbocycles. The molecule has 0 bridgehead atoms. The van der Waals surface area contributed by atoms with E-state index < -0.39 is 20.0 Å². The molecule has 1 nitrogen and oxygen atoms in total. The zero-order chi connectivity index (χ0) is 15.0. The Bertz CT molecular complexity index is 487. The van der Waals surface area contributed by atoms with Crippen LogP contribution in [-0.2, 0) is 11.0 Å². The van der Waals surface area contributed by atoms with E-state index in [4.69, 9.17) is 16.0 Å². The maximum atomic E-state index is 13.9. The van der Waals surface area contributed by atoms with Gasteiger partial charge in [-0.15, -0.1) is 0 Å². The summed E-state index contributed by atoms with van der Waals surface area (Å²) in [4.78, 5) is 0.